The highest BCUT2D eigenvalue weighted by Gasteiger charge is 2.12. The fraction of sp³-hybridized carbons (Fsp3) is 0.176. The molecular formula is C17H16ClN3O3S. The standard InChI is InChI=1S/C17H16ClN3O3S/c1-10(2)11-3-5-12(6-4-11)16(22)20-17(25)19-15-8-7-13(21(23)24)9-14(15)18/h3-10H,1-2H3,(H2,19,20,22,25). The van der Waals surface area contributed by atoms with Crippen LogP contribution in [0.2, 0.25) is 5.02 Å². The van der Waals surface area contributed by atoms with Crippen LogP contribution < -0.4 is 10.6 Å². The molecule has 8 heteroatoms. The van der Waals surface area contributed by atoms with E-state index in [1.54, 1.807) is 12.1 Å². The summed E-state index contributed by atoms with van der Waals surface area (Å²) in [6.07, 6.45) is 0. The number of non-ortho nitro benzene ring substituents is 1. The minimum Gasteiger partial charge on any atom is -0.331 e. The Hall–Kier alpha value is -2.51. The van der Waals surface area contributed by atoms with E-state index in [2.05, 4.69) is 24.5 Å². The van der Waals surface area contributed by atoms with Gasteiger partial charge in [-0.1, -0.05) is 37.6 Å². The van der Waals surface area contributed by atoms with Gasteiger partial charge in [0.1, 0.15) is 0 Å². The lowest BCUT2D eigenvalue weighted by molar-refractivity contribution is -0.384. The number of anilines is 1. The summed E-state index contributed by atoms with van der Waals surface area (Å²) in [5, 5.41) is 16.2. The number of rotatable bonds is 4. The van der Waals surface area contributed by atoms with Gasteiger partial charge in [-0.15, -0.1) is 0 Å². The molecule has 0 fully saturated rings. The van der Waals surface area contributed by atoms with Crippen molar-refractivity contribution in [3.8, 4) is 0 Å². The van der Waals surface area contributed by atoms with Gasteiger partial charge in [-0.2, -0.15) is 0 Å². The molecule has 0 aliphatic carbocycles. The maximum absolute atomic E-state index is 12.2. The molecule has 0 aliphatic heterocycles. The van der Waals surface area contributed by atoms with Gasteiger partial charge in [0.05, 0.1) is 15.6 Å². The summed E-state index contributed by atoms with van der Waals surface area (Å²) < 4.78 is 0. The Bertz CT molecular complexity index is 822. The molecule has 0 radical (unpaired) electrons. The summed E-state index contributed by atoms with van der Waals surface area (Å²) in [5.74, 6) is 0.0231. The van der Waals surface area contributed by atoms with Crippen LogP contribution in [-0.4, -0.2) is 15.9 Å². The van der Waals surface area contributed by atoms with Gasteiger partial charge in [-0.25, -0.2) is 0 Å². The molecule has 0 bridgehead atoms. The second kappa shape index (κ2) is 8.04. The highest BCUT2D eigenvalue weighted by molar-refractivity contribution is 7.80. The number of amides is 1. The van der Waals surface area contributed by atoms with Crippen molar-refractivity contribution in [2.24, 2.45) is 0 Å². The van der Waals surface area contributed by atoms with E-state index in [9.17, 15) is 14.9 Å². The second-order valence-corrected chi connectivity index (χ2v) is 6.42. The van der Waals surface area contributed by atoms with Crippen LogP contribution in [0, 0.1) is 10.1 Å². The number of nitro benzene ring substituents is 1. The summed E-state index contributed by atoms with van der Waals surface area (Å²) in [6.45, 7) is 4.14. The second-order valence-electron chi connectivity index (χ2n) is 5.61. The number of halogens is 1. The van der Waals surface area contributed by atoms with E-state index in [1.165, 1.54) is 18.2 Å². The van der Waals surface area contributed by atoms with E-state index in [4.69, 9.17) is 23.8 Å². The largest absolute Gasteiger partial charge is 0.331 e. The molecule has 6 nitrogen and oxygen atoms in total. The van der Waals surface area contributed by atoms with Crippen LogP contribution >= 0.6 is 23.8 Å². The van der Waals surface area contributed by atoms with Crippen molar-refractivity contribution in [3.05, 3.63) is 68.7 Å². The number of nitro groups is 1. The predicted octanol–water partition coefficient (Wildman–Crippen LogP) is 4.50. The van der Waals surface area contributed by atoms with Crippen molar-refractivity contribution in [3.63, 3.8) is 0 Å². The average molecular weight is 378 g/mol. The molecule has 130 valence electrons. The van der Waals surface area contributed by atoms with Crippen molar-refractivity contribution < 1.29 is 9.72 Å². The molecule has 0 atom stereocenters. The molecular weight excluding hydrogens is 362 g/mol. The van der Waals surface area contributed by atoms with E-state index in [1.807, 2.05) is 12.1 Å². The summed E-state index contributed by atoms with van der Waals surface area (Å²) in [7, 11) is 0. The van der Waals surface area contributed by atoms with E-state index < -0.39 is 4.92 Å². The van der Waals surface area contributed by atoms with Crippen LogP contribution in [0.5, 0.6) is 0 Å². The van der Waals surface area contributed by atoms with Gasteiger partial charge in [0, 0.05) is 17.7 Å². The first kappa shape index (κ1) is 18.8. The van der Waals surface area contributed by atoms with Crippen LogP contribution in [0.15, 0.2) is 42.5 Å². The van der Waals surface area contributed by atoms with E-state index >= 15 is 0 Å². The lowest BCUT2D eigenvalue weighted by atomic mass is 10.0. The molecule has 2 rings (SSSR count). The molecule has 1 amide bonds. The quantitative estimate of drug-likeness (QED) is 0.465. The van der Waals surface area contributed by atoms with Crippen LogP contribution in [0.1, 0.15) is 35.7 Å². The minimum atomic E-state index is -0.545. The van der Waals surface area contributed by atoms with Crippen LogP contribution in [0.25, 0.3) is 0 Å². The third kappa shape index (κ3) is 4.98. The zero-order valence-corrected chi connectivity index (χ0v) is 15.1. The summed E-state index contributed by atoms with van der Waals surface area (Å²) in [5.41, 5.74) is 1.85. The third-order valence-corrected chi connectivity index (χ3v) is 4.00. The molecule has 0 saturated heterocycles. The van der Waals surface area contributed by atoms with Gasteiger partial charge in [-0.05, 0) is 41.9 Å². The molecule has 0 aromatic heterocycles. The van der Waals surface area contributed by atoms with Gasteiger partial charge < -0.3 is 5.32 Å². The topological polar surface area (TPSA) is 84.3 Å². The normalized spacial score (nSPS) is 10.4. The molecule has 0 heterocycles. The van der Waals surface area contributed by atoms with Gasteiger partial charge in [0.2, 0.25) is 0 Å². The Balaban J connectivity index is 2.02. The maximum atomic E-state index is 12.2. The number of hydrogen-bond donors (Lipinski definition) is 2. The third-order valence-electron chi connectivity index (χ3n) is 3.48. The van der Waals surface area contributed by atoms with Gasteiger partial charge in [0.25, 0.3) is 11.6 Å². The number of hydrogen-bond acceptors (Lipinski definition) is 4. The fourth-order valence-corrected chi connectivity index (χ4v) is 2.49. The zero-order valence-electron chi connectivity index (χ0n) is 13.6. The van der Waals surface area contributed by atoms with Crippen molar-refractivity contribution >= 4 is 46.2 Å². The monoisotopic (exact) mass is 377 g/mol. The highest BCUT2D eigenvalue weighted by Crippen LogP contribution is 2.26. The van der Waals surface area contributed by atoms with Gasteiger partial charge in [-0.3, -0.25) is 20.2 Å². The Kier molecular flexibility index (Phi) is 6.06. The molecule has 0 spiro atoms. The molecule has 2 N–H and O–H groups in total. The first-order valence-electron chi connectivity index (χ1n) is 7.44. The lowest BCUT2D eigenvalue weighted by Crippen LogP contribution is -2.34. The first-order valence-corrected chi connectivity index (χ1v) is 8.22. The molecule has 0 saturated carbocycles. The van der Waals surface area contributed by atoms with E-state index in [0.29, 0.717) is 17.2 Å². The summed E-state index contributed by atoms with van der Waals surface area (Å²) >= 11 is 11.1. The van der Waals surface area contributed by atoms with Gasteiger partial charge in [0.15, 0.2) is 5.11 Å². The smallest absolute Gasteiger partial charge is 0.271 e. The number of carbonyl (C=O) groups is 1. The van der Waals surface area contributed by atoms with Crippen LogP contribution in [0.3, 0.4) is 0 Å². The van der Waals surface area contributed by atoms with Crippen molar-refractivity contribution in [2.75, 3.05) is 5.32 Å². The van der Waals surface area contributed by atoms with Crippen molar-refractivity contribution in [1.82, 2.24) is 5.32 Å². The Labute approximate surface area is 155 Å². The van der Waals surface area contributed by atoms with Crippen LogP contribution in [-0.2, 0) is 0 Å². The maximum Gasteiger partial charge on any atom is 0.271 e. The first-order chi connectivity index (χ1) is 11.8. The van der Waals surface area contributed by atoms with Crippen LogP contribution in [0.4, 0.5) is 11.4 Å². The number of benzene rings is 2. The van der Waals surface area contributed by atoms with E-state index in [-0.39, 0.29) is 21.7 Å². The van der Waals surface area contributed by atoms with E-state index in [0.717, 1.165) is 5.56 Å². The zero-order chi connectivity index (χ0) is 18.6. The average Bonchev–Trinajstić information content (AvgIpc) is 2.56. The Morgan fingerprint density at radius 1 is 1.20 bits per heavy atom. The summed E-state index contributed by atoms with van der Waals surface area (Å²) in [6, 6.07) is 11.2. The lowest BCUT2D eigenvalue weighted by Gasteiger charge is -2.11. The number of thiocarbonyl (C=S) groups is 1. The Morgan fingerprint density at radius 3 is 2.36 bits per heavy atom. The SMILES string of the molecule is CC(C)c1ccc(C(=O)NC(=S)Nc2ccc([N+](=O)[O-])cc2Cl)cc1. The molecule has 25 heavy (non-hydrogen) atoms. The number of carbonyl (C=O) groups excluding carboxylic acids is 1. The molecule has 2 aromatic carbocycles. The Morgan fingerprint density at radius 2 is 1.84 bits per heavy atom. The van der Waals surface area contributed by atoms with Crippen molar-refractivity contribution in [1.29, 1.82) is 0 Å². The molecule has 0 aliphatic rings. The summed E-state index contributed by atoms with van der Waals surface area (Å²) in [4.78, 5) is 22.3. The molecule has 0 unspecified atom stereocenters. The minimum absolute atomic E-state index is 0.0497. The number of nitrogens with zero attached hydrogens (tertiary/aromatic N) is 1. The number of nitrogens with one attached hydrogen (secondary N) is 2. The van der Waals surface area contributed by atoms with Gasteiger partial charge >= 0.3 is 0 Å². The molecule has 2 aromatic rings. The fourth-order valence-electron chi connectivity index (χ4n) is 2.07. The predicted molar refractivity (Wildman–Crippen MR) is 102 cm³/mol. The highest BCUT2D eigenvalue weighted by atomic mass is 35.5. The van der Waals surface area contributed by atoms with Crippen molar-refractivity contribution in [2.45, 2.75) is 19.8 Å².